The second kappa shape index (κ2) is 6.30. The van der Waals surface area contributed by atoms with Crippen LogP contribution in [0.4, 0.5) is 0 Å². The van der Waals surface area contributed by atoms with Crippen molar-refractivity contribution in [1.82, 2.24) is 5.01 Å². The van der Waals surface area contributed by atoms with E-state index in [2.05, 4.69) is 36.3 Å². The predicted molar refractivity (Wildman–Crippen MR) is 77.9 cm³/mol. The molecule has 88 valence electrons. The summed E-state index contributed by atoms with van der Waals surface area (Å²) in [5.41, 5.74) is 2.43. The van der Waals surface area contributed by atoms with E-state index in [1.54, 1.807) is 0 Å². The van der Waals surface area contributed by atoms with E-state index in [-0.39, 0.29) is 17.0 Å². The Morgan fingerprint density at radius 3 is 2.69 bits per heavy atom. The minimum absolute atomic E-state index is 0. The first kappa shape index (κ1) is 13.6. The van der Waals surface area contributed by atoms with Gasteiger partial charge in [0, 0.05) is 24.6 Å². The van der Waals surface area contributed by atoms with Crippen molar-refractivity contribution in [2.75, 3.05) is 19.3 Å². The van der Waals surface area contributed by atoms with Crippen molar-refractivity contribution >= 4 is 34.5 Å². The highest BCUT2D eigenvalue weighted by molar-refractivity contribution is 8.93. The van der Waals surface area contributed by atoms with Gasteiger partial charge < -0.3 is 0 Å². The van der Waals surface area contributed by atoms with E-state index in [9.17, 15) is 0 Å². The summed E-state index contributed by atoms with van der Waals surface area (Å²) in [6, 6.07) is 10.4. The SMILES string of the molecule is Br.CC1CN(C)N=C(c2ccccc2)CS1. The maximum Gasteiger partial charge on any atom is 0.0776 e. The Kier molecular flexibility index (Phi) is 5.35. The van der Waals surface area contributed by atoms with E-state index >= 15 is 0 Å². The third kappa shape index (κ3) is 3.52. The summed E-state index contributed by atoms with van der Waals surface area (Å²) >= 11 is 1.97. The second-order valence-electron chi connectivity index (χ2n) is 3.87. The van der Waals surface area contributed by atoms with Gasteiger partial charge in [0.25, 0.3) is 0 Å². The van der Waals surface area contributed by atoms with E-state index in [1.165, 1.54) is 11.3 Å². The van der Waals surface area contributed by atoms with Gasteiger partial charge in [-0.15, -0.1) is 17.0 Å². The molecule has 16 heavy (non-hydrogen) atoms. The number of hydrogen-bond donors (Lipinski definition) is 0. The third-order valence-electron chi connectivity index (χ3n) is 2.42. The Hall–Kier alpha value is -0.480. The van der Waals surface area contributed by atoms with E-state index in [0.717, 1.165) is 12.3 Å². The highest BCUT2D eigenvalue weighted by Crippen LogP contribution is 2.18. The van der Waals surface area contributed by atoms with Gasteiger partial charge in [-0.1, -0.05) is 37.3 Å². The lowest BCUT2D eigenvalue weighted by Gasteiger charge is -2.13. The van der Waals surface area contributed by atoms with Crippen LogP contribution in [0.5, 0.6) is 0 Å². The first-order valence-electron chi connectivity index (χ1n) is 5.21. The summed E-state index contributed by atoms with van der Waals surface area (Å²) in [4.78, 5) is 0. The largest absolute Gasteiger partial charge is 0.299 e. The Bertz CT molecular complexity index is 353. The van der Waals surface area contributed by atoms with Crippen LogP contribution in [-0.4, -0.2) is 35.3 Å². The Balaban J connectivity index is 0.00000128. The minimum Gasteiger partial charge on any atom is -0.299 e. The van der Waals surface area contributed by atoms with Gasteiger partial charge >= 0.3 is 0 Å². The van der Waals surface area contributed by atoms with Crippen LogP contribution >= 0.6 is 28.7 Å². The average molecular weight is 301 g/mol. The minimum atomic E-state index is 0. The van der Waals surface area contributed by atoms with Gasteiger partial charge in [-0.3, -0.25) is 5.01 Å². The lowest BCUT2D eigenvalue weighted by molar-refractivity contribution is 0.361. The Labute approximate surface area is 112 Å². The molecule has 0 saturated heterocycles. The molecule has 1 aromatic carbocycles. The molecule has 2 nitrogen and oxygen atoms in total. The Morgan fingerprint density at radius 2 is 2.00 bits per heavy atom. The zero-order valence-corrected chi connectivity index (χ0v) is 12.1. The molecule has 0 aromatic heterocycles. The zero-order valence-electron chi connectivity index (χ0n) is 9.59. The van der Waals surface area contributed by atoms with Gasteiger partial charge in [0.2, 0.25) is 0 Å². The standard InChI is InChI=1S/C12H16N2S.BrH/c1-10-8-14(2)13-12(9-15-10)11-6-4-3-5-7-11;/h3-7,10H,8-9H2,1-2H3;1H. The van der Waals surface area contributed by atoms with Crippen LogP contribution in [0.1, 0.15) is 12.5 Å². The number of rotatable bonds is 1. The van der Waals surface area contributed by atoms with Crippen molar-refractivity contribution in [3.8, 4) is 0 Å². The van der Waals surface area contributed by atoms with Crippen molar-refractivity contribution in [3.05, 3.63) is 35.9 Å². The fourth-order valence-electron chi connectivity index (χ4n) is 1.69. The van der Waals surface area contributed by atoms with Crippen LogP contribution in [0.15, 0.2) is 35.4 Å². The first-order valence-corrected chi connectivity index (χ1v) is 6.26. The molecule has 1 aromatic rings. The van der Waals surface area contributed by atoms with Crippen molar-refractivity contribution in [2.45, 2.75) is 12.2 Å². The highest BCUT2D eigenvalue weighted by Gasteiger charge is 2.14. The normalized spacial score (nSPS) is 20.8. The van der Waals surface area contributed by atoms with Crippen molar-refractivity contribution in [3.63, 3.8) is 0 Å². The lowest BCUT2D eigenvalue weighted by Crippen LogP contribution is -2.19. The molecule has 1 unspecified atom stereocenters. The maximum atomic E-state index is 4.63. The Morgan fingerprint density at radius 1 is 1.31 bits per heavy atom. The van der Waals surface area contributed by atoms with Gasteiger partial charge in [-0.25, -0.2) is 0 Å². The van der Waals surface area contributed by atoms with Crippen LogP contribution < -0.4 is 0 Å². The molecule has 1 atom stereocenters. The lowest BCUT2D eigenvalue weighted by atomic mass is 10.1. The molecule has 0 spiro atoms. The molecule has 0 fully saturated rings. The first-order chi connectivity index (χ1) is 7.25. The summed E-state index contributed by atoms with van der Waals surface area (Å²) in [5.74, 6) is 1.01. The van der Waals surface area contributed by atoms with Gasteiger partial charge in [-0.05, 0) is 5.56 Å². The quantitative estimate of drug-likeness (QED) is 0.792. The molecule has 2 rings (SSSR count). The third-order valence-corrected chi connectivity index (χ3v) is 3.58. The van der Waals surface area contributed by atoms with Gasteiger partial charge in [0.15, 0.2) is 0 Å². The smallest absolute Gasteiger partial charge is 0.0776 e. The van der Waals surface area contributed by atoms with Crippen molar-refractivity contribution < 1.29 is 0 Å². The van der Waals surface area contributed by atoms with Crippen LogP contribution in [0.25, 0.3) is 0 Å². The molecule has 4 heteroatoms. The van der Waals surface area contributed by atoms with Crippen molar-refractivity contribution in [1.29, 1.82) is 0 Å². The highest BCUT2D eigenvalue weighted by atomic mass is 79.9. The van der Waals surface area contributed by atoms with E-state index in [0.29, 0.717) is 5.25 Å². The molecule has 1 aliphatic heterocycles. The van der Waals surface area contributed by atoms with Gasteiger partial charge in [-0.2, -0.15) is 16.9 Å². The molecular weight excluding hydrogens is 284 g/mol. The van der Waals surface area contributed by atoms with Crippen LogP contribution in [0.2, 0.25) is 0 Å². The summed E-state index contributed by atoms with van der Waals surface area (Å²) in [7, 11) is 2.05. The monoisotopic (exact) mass is 300 g/mol. The van der Waals surface area contributed by atoms with Crippen LogP contribution in [0, 0.1) is 0 Å². The number of hydrogen-bond acceptors (Lipinski definition) is 3. The summed E-state index contributed by atoms with van der Waals surface area (Å²) < 4.78 is 0. The summed E-state index contributed by atoms with van der Waals surface area (Å²) in [6.07, 6.45) is 0. The number of halogens is 1. The molecular formula is C12H17BrN2S. The van der Waals surface area contributed by atoms with Crippen molar-refractivity contribution in [2.24, 2.45) is 5.10 Å². The molecule has 0 radical (unpaired) electrons. The second-order valence-corrected chi connectivity index (χ2v) is 5.30. The van der Waals surface area contributed by atoms with E-state index < -0.39 is 0 Å². The number of benzene rings is 1. The topological polar surface area (TPSA) is 15.6 Å². The average Bonchev–Trinajstić information content (AvgIpc) is 2.41. The van der Waals surface area contributed by atoms with E-state index in [4.69, 9.17) is 0 Å². The predicted octanol–water partition coefficient (Wildman–Crippen LogP) is 3.04. The summed E-state index contributed by atoms with van der Waals surface area (Å²) in [5, 5.41) is 7.33. The molecule has 0 aliphatic carbocycles. The van der Waals surface area contributed by atoms with Crippen LogP contribution in [-0.2, 0) is 0 Å². The number of hydrazone groups is 1. The zero-order chi connectivity index (χ0) is 10.7. The van der Waals surface area contributed by atoms with Gasteiger partial charge in [0.05, 0.1) is 5.71 Å². The molecule has 1 heterocycles. The number of thioether (sulfide) groups is 1. The molecule has 1 aliphatic rings. The molecule has 0 bridgehead atoms. The van der Waals surface area contributed by atoms with Crippen LogP contribution in [0.3, 0.4) is 0 Å². The maximum absolute atomic E-state index is 4.63. The molecule has 0 amide bonds. The summed E-state index contributed by atoms with van der Waals surface area (Å²) in [6.45, 7) is 3.28. The van der Waals surface area contributed by atoms with Gasteiger partial charge in [0.1, 0.15) is 0 Å². The molecule has 0 saturated carbocycles. The molecule has 0 N–H and O–H groups in total. The van der Waals surface area contributed by atoms with E-state index in [1.807, 2.05) is 29.9 Å². The fourth-order valence-corrected chi connectivity index (χ4v) is 2.68. The number of nitrogens with zero attached hydrogens (tertiary/aromatic N) is 2. The fraction of sp³-hybridized carbons (Fsp3) is 0.417.